The molecule has 0 radical (unpaired) electrons. The normalized spacial score (nSPS) is 23.6. The highest BCUT2D eigenvalue weighted by Gasteiger charge is 2.30. The largest absolute Gasteiger partial charge is 0.468 e. The number of methoxy groups -OCH3 is 1. The maximum absolute atomic E-state index is 11.3. The van der Waals surface area contributed by atoms with E-state index in [4.69, 9.17) is 4.74 Å². The van der Waals surface area contributed by atoms with Crippen LogP contribution in [0.4, 0.5) is 0 Å². The highest BCUT2D eigenvalue weighted by atomic mass is 16.5. The Morgan fingerprint density at radius 3 is 2.88 bits per heavy atom. The minimum absolute atomic E-state index is 0.0827. The first kappa shape index (κ1) is 12.1. The van der Waals surface area contributed by atoms with Gasteiger partial charge in [-0.2, -0.15) is 0 Å². The van der Waals surface area contributed by atoms with Crippen molar-refractivity contribution in [2.45, 2.75) is 25.2 Å². The quantitative estimate of drug-likeness (QED) is 0.794. The molecule has 0 saturated carbocycles. The molecule has 0 bridgehead atoms. The van der Waals surface area contributed by atoms with Gasteiger partial charge in [-0.1, -0.05) is 30.3 Å². The molecule has 1 N–H and O–H groups in total. The van der Waals surface area contributed by atoms with Crippen molar-refractivity contribution in [1.29, 1.82) is 0 Å². The smallest absolute Gasteiger partial charge is 0.322 e. The van der Waals surface area contributed by atoms with Crippen LogP contribution in [0, 0.1) is 0 Å². The van der Waals surface area contributed by atoms with E-state index >= 15 is 0 Å². The van der Waals surface area contributed by atoms with Crippen molar-refractivity contribution in [3.8, 4) is 0 Å². The molecule has 1 aliphatic heterocycles. The standard InChI is InChI=1S/C13H17NO3/c1-16-13(15)12-7-11(8-14-12)17-9-10-5-3-2-4-6-10/h2-6,11-12,14H,7-9H2,1H3/t11-,12-/m0/s1. The molecule has 4 heteroatoms. The number of hydrogen-bond donors (Lipinski definition) is 1. The Hall–Kier alpha value is -1.39. The molecule has 2 rings (SSSR count). The fourth-order valence-electron chi connectivity index (χ4n) is 1.94. The molecule has 0 aliphatic carbocycles. The van der Waals surface area contributed by atoms with Crippen LogP contribution in [0.1, 0.15) is 12.0 Å². The van der Waals surface area contributed by atoms with Crippen LogP contribution in [0.15, 0.2) is 30.3 Å². The molecule has 0 aromatic heterocycles. The van der Waals surface area contributed by atoms with Crippen LogP contribution in [0.2, 0.25) is 0 Å². The fraction of sp³-hybridized carbons (Fsp3) is 0.462. The second-order valence-corrected chi connectivity index (χ2v) is 4.14. The number of esters is 1. The average molecular weight is 235 g/mol. The SMILES string of the molecule is COC(=O)[C@@H]1C[C@H](OCc2ccccc2)CN1. The first-order chi connectivity index (χ1) is 8.29. The zero-order valence-electron chi connectivity index (χ0n) is 9.89. The van der Waals surface area contributed by atoms with Crippen LogP contribution >= 0.6 is 0 Å². The third-order valence-electron chi connectivity index (χ3n) is 2.90. The first-order valence-corrected chi connectivity index (χ1v) is 5.76. The molecule has 1 aromatic carbocycles. The number of nitrogens with one attached hydrogen (secondary N) is 1. The van der Waals surface area contributed by atoms with Crippen molar-refractivity contribution in [3.63, 3.8) is 0 Å². The van der Waals surface area contributed by atoms with Crippen LogP contribution < -0.4 is 5.32 Å². The number of ether oxygens (including phenoxy) is 2. The van der Waals surface area contributed by atoms with Gasteiger partial charge >= 0.3 is 5.97 Å². The molecule has 0 amide bonds. The minimum Gasteiger partial charge on any atom is -0.468 e. The van der Waals surface area contributed by atoms with Gasteiger partial charge in [0, 0.05) is 13.0 Å². The summed E-state index contributed by atoms with van der Waals surface area (Å²) < 4.78 is 10.4. The van der Waals surface area contributed by atoms with Crippen LogP contribution in [0.25, 0.3) is 0 Å². The lowest BCUT2D eigenvalue weighted by Gasteiger charge is -2.10. The third-order valence-corrected chi connectivity index (χ3v) is 2.90. The Morgan fingerprint density at radius 1 is 1.41 bits per heavy atom. The third kappa shape index (κ3) is 3.28. The predicted octanol–water partition coefficient (Wildman–Crippen LogP) is 1.11. The topological polar surface area (TPSA) is 47.6 Å². The zero-order chi connectivity index (χ0) is 12.1. The summed E-state index contributed by atoms with van der Waals surface area (Å²) in [6.45, 7) is 1.29. The summed E-state index contributed by atoms with van der Waals surface area (Å²) in [4.78, 5) is 11.3. The van der Waals surface area contributed by atoms with Gasteiger partial charge in [0.2, 0.25) is 0 Å². The molecule has 1 heterocycles. The number of carbonyl (C=O) groups is 1. The first-order valence-electron chi connectivity index (χ1n) is 5.76. The van der Waals surface area contributed by atoms with Gasteiger partial charge in [-0.05, 0) is 5.56 Å². The monoisotopic (exact) mass is 235 g/mol. The van der Waals surface area contributed by atoms with E-state index in [2.05, 4.69) is 10.1 Å². The molecule has 17 heavy (non-hydrogen) atoms. The Labute approximate surface area is 101 Å². The molecule has 1 saturated heterocycles. The Balaban J connectivity index is 1.77. The molecule has 1 aliphatic rings. The van der Waals surface area contributed by atoms with Gasteiger partial charge < -0.3 is 14.8 Å². The zero-order valence-corrected chi connectivity index (χ0v) is 9.89. The molecule has 1 fully saturated rings. The lowest BCUT2D eigenvalue weighted by atomic mass is 10.2. The van der Waals surface area contributed by atoms with Gasteiger partial charge in [-0.25, -0.2) is 0 Å². The van der Waals surface area contributed by atoms with Crippen molar-refractivity contribution in [2.75, 3.05) is 13.7 Å². The van der Waals surface area contributed by atoms with Gasteiger partial charge in [0.05, 0.1) is 19.8 Å². The van der Waals surface area contributed by atoms with E-state index in [0.29, 0.717) is 19.6 Å². The minimum atomic E-state index is -0.222. The summed E-state index contributed by atoms with van der Waals surface area (Å²) in [6, 6.07) is 9.79. The second kappa shape index (κ2) is 5.80. The summed E-state index contributed by atoms with van der Waals surface area (Å²) >= 11 is 0. The van der Waals surface area contributed by atoms with Crippen molar-refractivity contribution in [3.05, 3.63) is 35.9 Å². The molecular formula is C13H17NO3. The van der Waals surface area contributed by atoms with Crippen LogP contribution in [-0.2, 0) is 20.9 Å². The van der Waals surface area contributed by atoms with Gasteiger partial charge in [-0.3, -0.25) is 4.79 Å². The van der Waals surface area contributed by atoms with Crippen molar-refractivity contribution in [2.24, 2.45) is 0 Å². The molecule has 2 atom stereocenters. The molecule has 1 aromatic rings. The highest BCUT2D eigenvalue weighted by molar-refractivity contribution is 5.76. The summed E-state index contributed by atoms with van der Waals surface area (Å²) in [7, 11) is 1.40. The van der Waals surface area contributed by atoms with Crippen molar-refractivity contribution < 1.29 is 14.3 Å². The number of carbonyl (C=O) groups excluding carboxylic acids is 1. The molecule has 0 spiro atoms. The van der Waals surface area contributed by atoms with Crippen molar-refractivity contribution >= 4 is 5.97 Å². The summed E-state index contributed by atoms with van der Waals surface area (Å²) in [5.74, 6) is -0.212. The molecular weight excluding hydrogens is 218 g/mol. The predicted molar refractivity (Wildman–Crippen MR) is 63.4 cm³/mol. The van der Waals surface area contributed by atoms with Gasteiger partial charge in [0.25, 0.3) is 0 Å². The molecule has 0 unspecified atom stereocenters. The summed E-state index contributed by atoms with van der Waals surface area (Å²) in [5, 5.41) is 3.09. The maximum Gasteiger partial charge on any atom is 0.322 e. The van der Waals surface area contributed by atoms with E-state index in [1.165, 1.54) is 7.11 Å². The van der Waals surface area contributed by atoms with E-state index in [1.807, 2.05) is 30.3 Å². The lowest BCUT2D eigenvalue weighted by Crippen LogP contribution is -2.31. The number of rotatable bonds is 4. The maximum atomic E-state index is 11.3. The van der Waals surface area contributed by atoms with Crippen LogP contribution in [-0.4, -0.2) is 31.8 Å². The van der Waals surface area contributed by atoms with E-state index in [9.17, 15) is 4.79 Å². The lowest BCUT2D eigenvalue weighted by molar-refractivity contribution is -0.142. The molecule has 4 nitrogen and oxygen atoms in total. The van der Waals surface area contributed by atoms with Gasteiger partial charge in [0.15, 0.2) is 0 Å². The van der Waals surface area contributed by atoms with E-state index in [-0.39, 0.29) is 18.1 Å². The highest BCUT2D eigenvalue weighted by Crippen LogP contribution is 2.13. The number of hydrogen-bond acceptors (Lipinski definition) is 4. The summed E-state index contributed by atoms with van der Waals surface area (Å²) in [6.07, 6.45) is 0.763. The summed E-state index contributed by atoms with van der Waals surface area (Å²) in [5.41, 5.74) is 1.15. The van der Waals surface area contributed by atoms with Crippen LogP contribution in [0.3, 0.4) is 0 Å². The van der Waals surface area contributed by atoms with Crippen LogP contribution in [0.5, 0.6) is 0 Å². The fourth-order valence-corrected chi connectivity index (χ4v) is 1.94. The average Bonchev–Trinajstić information content (AvgIpc) is 2.85. The molecule has 92 valence electrons. The Kier molecular flexibility index (Phi) is 4.12. The van der Waals surface area contributed by atoms with Gasteiger partial charge in [0.1, 0.15) is 6.04 Å². The van der Waals surface area contributed by atoms with E-state index in [1.54, 1.807) is 0 Å². The number of benzene rings is 1. The van der Waals surface area contributed by atoms with Crippen molar-refractivity contribution in [1.82, 2.24) is 5.32 Å². The van der Waals surface area contributed by atoms with Gasteiger partial charge in [-0.15, -0.1) is 0 Å². The second-order valence-electron chi connectivity index (χ2n) is 4.14. The van der Waals surface area contributed by atoms with E-state index in [0.717, 1.165) is 5.56 Å². The Morgan fingerprint density at radius 2 is 2.18 bits per heavy atom. The Bertz CT molecular complexity index is 366. The van der Waals surface area contributed by atoms with E-state index < -0.39 is 0 Å².